The maximum absolute atomic E-state index is 12.4. The maximum atomic E-state index is 12.4. The van der Waals surface area contributed by atoms with Crippen LogP contribution in [0.4, 0.5) is 5.82 Å². The Labute approximate surface area is 152 Å². The summed E-state index contributed by atoms with van der Waals surface area (Å²) in [6, 6.07) is 15.2. The predicted molar refractivity (Wildman–Crippen MR) is 101 cm³/mol. The van der Waals surface area contributed by atoms with Gasteiger partial charge in [-0.15, -0.1) is 0 Å². The zero-order chi connectivity index (χ0) is 18.0. The molecular weight excluding hydrogens is 334 g/mol. The summed E-state index contributed by atoms with van der Waals surface area (Å²) in [6.45, 7) is 6.59. The number of carbonyl (C=O) groups is 1. The fourth-order valence-electron chi connectivity index (χ4n) is 2.61. The Bertz CT molecular complexity index is 930. The van der Waals surface area contributed by atoms with Crippen LogP contribution in [0.25, 0.3) is 0 Å². The van der Waals surface area contributed by atoms with Crippen molar-refractivity contribution in [3.63, 3.8) is 0 Å². The zero-order valence-corrected chi connectivity index (χ0v) is 15.3. The van der Waals surface area contributed by atoms with Gasteiger partial charge in [0.25, 0.3) is 5.91 Å². The third kappa shape index (κ3) is 4.09. The molecule has 0 aliphatic heterocycles. The SMILES string of the molecule is Cc1ccc(C(=O)Nc2cc(C)n(Cc3cccc(Cl)c3)n2)cc1C. The molecule has 1 amide bonds. The van der Waals surface area contributed by atoms with E-state index in [1.165, 1.54) is 0 Å². The van der Waals surface area contributed by atoms with Crippen molar-refractivity contribution in [1.82, 2.24) is 9.78 Å². The molecule has 0 aliphatic carbocycles. The third-order valence-corrected chi connectivity index (χ3v) is 4.45. The number of hydrogen-bond donors (Lipinski definition) is 1. The summed E-state index contributed by atoms with van der Waals surface area (Å²) in [4.78, 5) is 12.4. The molecular formula is C20H20ClN3O. The highest BCUT2D eigenvalue weighted by Crippen LogP contribution is 2.16. The standard InChI is InChI=1S/C20H20ClN3O/c1-13-7-8-17(9-14(13)2)20(25)22-19-10-15(3)24(23-19)12-16-5-4-6-18(21)11-16/h4-11H,12H2,1-3H3,(H,22,23,25). The number of hydrogen-bond acceptors (Lipinski definition) is 2. The molecule has 1 N–H and O–H groups in total. The molecule has 0 saturated heterocycles. The summed E-state index contributed by atoms with van der Waals surface area (Å²) >= 11 is 6.03. The number of anilines is 1. The molecule has 0 fully saturated rings. The van der Waals surface area contributed by atoms with Crippen LogP contribution in [0.15, 0.2) is 48.5 Å². The zero-order valence-electron chi connectivity index (χ0n) is 14.5. The molecule has 0 radical (unpaired) electrons. The Hall–Kier alpha value is -2.59. The average Bonchev–Trinajstić information content (AvgIpc) is 2.89. The van der Waals surface area contributed by atoms with Crippen LogP contribution in [0, 0.1) is 20.8 Å². The van der Waals surface area contributed by atoms with Gasteiger partial charge in [0, 0.05) is 22.3 Å². The summed E-state index contributed by atoms with van der Waals surface area (Å²) in [7, 11) is 0. The molecule has 1 heterocycles. The van der Waals surface area contributed by atoms with Gasteiger partial charge in [-0.3, -0.25) is 9.48 Å². The van der Waals surface area contributed by atoms with Crippen molar-refractivity contribution in [1.29, 1.82) is 0 Å². The Morgan fingerprint density at radius 2 is 1.88 bits per heavy atom. The molecule has 25 heavy (non-hydrogen) atoms. The smallest absolute Gasteiger partial charge is 0.256 e. The Morgan fingerprint density at radius 3 is 2.60 bits per heavy atom. The van der Waals surface area contributed by atoms with E-state index in [0.29, 0.717) is 22.9 Å². The van der Waals surface area contributed by atoms with Crippen LogP contribution in [-0.2, 0) is 6.54 Å². The van der Waals surface area contributed by atoms with E-state index in [2.05, 4.69) is 10.4 Å². The lowest BCUT2D eigenvalue weighted by Gasteiger charge is -2.06. The first-order valence-electron chi connectivity index (χ1n) is 8.10. The van der Waals surface area contributed by atoms with Crippen molar-refractivity contribution in [3.05, 3.63) is 81.5 Å². The Balaban J connectivity index is 1.75. The lowest BCUT2D eigenvalue weighted by atomic mass is 10.1. The van der Waals surface area contributed by atoms with Crippen LogP contribution >= 0.6 is 11.6 Å². The third-order valence-electron chi connectivity index (χ3n) is 4.21. The first kappa shape index (κ1) is 17.2. The van der Waals surface area contributed by atoms with E-state index in [1.54, 1.807) is 0 Å². The van der Waals surface area contributed by atoms with Crippen molar-refractivity contribution in [2.75, 3.05) is 5.32 Å². The molecule has 1 aromatic heterocycles. The monoisotopic (exact) mass is 353 g/mol. The number of aryl methyl sites for hydroxylation is 3. The summed E-state index contributed by atoms with van der Waals surface area (Å²) < 4.78 is 1.85. The van der Waals surface area contributed by atoms with Crippen molar-refractivity contribution in [2.24, 2.45) is 0 Å². The molecule has 2 aromatic carbocycles. The van der Waals surface area contributed by atoms with Gasteiger partial charge in [0.2, 0.25) is 0 Å². The molecule has 0 unspecified atom stereocenters. The number of benzene rings is 2. The van der Waals surface area contributed by atoms with Crippen molar-refractivity contribution < 1.29 is 4.79 Å². The summed E-state index contributed by atoms with van der Waals surface area (Å²) in [5.41, 5.74) is 4.92. The summed E-state index contributed by atoms with van der Waals surface area (Å²) in [6.07, 6.45) is 0. The first-order valence-corrected chi connectivity index (χ1v) is 8.47. The van der Waals surface area contributed by atoms with Crippen LogP contribution in [0.2, 0.25) is 5.02 Å². The fraction of sp³-hybridized carbons (Fsp3) is 0.200. The highest BCUT2D eigenvalue weighted by Gasteiger charge is 2.11. The molecule has 0 spiro atoms. The lowest BCUT2D eigenvalue weighted by molar-refractivity contribution is 0.102. The van der Waals surface area contributed by atoms with Crippen molar-refractivity contribution >= 4 is 23.3 Å². The second-order valence-corrected chi connectivity index (χ2v) is 6.65. The topological polar surface area (TPSA) is 46.9 Å². The molecule has 0 bridgehead atoms. The molecule has 0 aliphatic rings. The minimum atomic E-state index is -0.157. The Kier molecular flexibility index (Phi) is 4.91. The number of nitrogens with one attached hydrogen (secondary N) is 1. The molecule has 4 nitrogen and oxygen atoms in total. The van der Waals surface area contributed by atoms with Gasteiger partial charge >= 0.3 is 0 Å². The van der Waals surface area contributed by atoms with E-state index in [0.717, 1.165) is 22.4 Å². The lowest BCUT2D eigenvalue weighted by Crippen LogP contribution is -2.13. The van der Waals surface area contributed by atoms with Gasteiger partial charge in [0.05, 0.1) is 6.54 Å². The average molecular weight is 354 g/mol. The van der Waals surface area contributed by atoms with Crippen LogP contribution in [0.5, 0.6) is 0 Å². The van der Waals surface area contributed by atoms with Crippen molar-refractivity contribution in [3.8, 4) is 0 Å². The van der Waals surface area contributed by atoms with E-state index in [9.17, 15) is 4.79 Å². The van der Waals surface area contributed by atoms with Gasteiger partial charge in [0.1, 0.15) is 0 Å². The van der Waals surface area contributed by atoms with Gasteiger partial charge in [-0.2, -0.15) is 5.10 Å². The summed E-state index contributed by atoms with van der Waals surface area (Å²) in [5, 5.41) is 8.05. The van der Waals surface area contributed by atoms with Gasteiger partial charge < -0.3 is 5.32 Å². The molecule has 5 heteroatoms. The largest absolute Gasteiger partial charge is 0.305 e. The van der Waals surface area contributed by atoms with Crippen LogP contribution in [0.3, 0.4) is 0 Å². The van der Waals surface area contributed by atoms with Gasteiger partial charge in [-0.1, -0.05) is 29.8 Å². The highest BCUT2D eigenvalue weighted by atomic mass is 35.5. The Morgan fingerprint density at radius 1 is 1.08 bits per heavy atom. The number of carbonyl (C=O) groups excluding carboxylic acids is 1. The van der Waals surface area contributed by atoms with Crippen molar-refractivity contribution in [2.45, 2.75) is 27.3 Å². The quantitative estimate of drug-likeness (QED) is 0.734. The van der Waals surface area contributed by atoms with Crippen LogP contribution in [0.1, 0.15) is 32.7 Å². The number of aromatic nitrogens is 2. The normalized spacial score (nSPS) is 10.7. The molecule has 3 rings (SSSR count). The maximum Gasteiger partial charge on any atom is 0.256 e. The molecule has 128 valence electrons. The van der Waals surface area contributed by atoms with Gasteiger partial charge in [-0.05, 0) is 61.7 Å². The number of amides is 1. The van der Waals surface area contributed by atoms with E-state index in [4.69, 9.17) is 11.6 Å². The van der Waals surface area contributed by atoms with Gasteiger partial charge in [0.15, 0.2) is 5.82 Å². The van der Waals surface area contributed by atoms with E-state index < -0.39 is 0 Å². The van der Waals surface area contributed by atoms with E-state index in [-0.39, 0.29) is 5.91 Å². The second-order valence-electron chi connectivity index (χ2n) is 6.21. The fourth-order valence-corrected chi connectivity index (χ4v) is 2.82. The molecule has 0 atom stereocenters. The number of nitrogens with zero attached hydrogens (tertiary/aromatic N) is 2. The van der Waals surface area contributed by atoms with Crippen LogP contribution in [-0.4, -0.2) is 15.7 Å². The minimum absolute atomic E-state index is 0.157. The molecule has 0 saturated carbocycles. The van der Waals surface area contributed by atoms with Gasteiger partial charge in [-0.25, -0.2) is 0 Å². The number of halogens is 1. The first-order chi connectivity index (χ1) is 11.9. The minimum Gasteiger partial charge on any atom is -0.305 e. The highest BCUT2D eigenvalue weighted by molar-refractivity contribution is 6.30. The number of rotatable bonds is 4. The molecule has 3 aromatic rings. The van der Waals surface area contributed by atoms with E-state index in [1.807, 2.05) is 74.0 Å². The predicted octanol–water partition coefficient (Wildman–Crippen LogP) is 4.76. The van der Waals surface area contributed by atoms with E-state index >= 15 is 0 Å². The summed E-state index contributed by atoms with van der Waals surface area (Å²) in [5.74, 6) is 0.387. The second kappa shape index (κ2) is 7.11. The van der Waals surface area contributed by atoms with Crippen LogP contribution < -0.4 is 5.32 Å².